The van der Waals surface area contributed by atoms with Crippen LogP contribution in [0.1, 0.15) is 29.2 Å². The summed E-state index contributed by atoms with van der Waals surface area (Å²) in [5.74, 6) is 0. The zero-order chi connectivity index (χ0) is 16.6. The molecule has 1 nitrogen and oxygen atoms in total. The summed E-state index contributed by atoms with van der Waals surface area (Å²) in [4.78, 5) is 0. The number of aryl methyl sites for hydroxylation is 1. The largest absolute Gasteiger partial charge is 0.372 e. The number of hydrogen-bond acceptors (Lipinski definition) is 1. The molecular weight excluding hydrogens is 290 g/mol. The molecule has 1 atom stereocenters. The van der Waals surface area contributed by atoms with Gasteiger partial charge in [-0.3, -0.25) is 0 Å². The third kappa shape index (κ3) is 2.52. The predicted octanol–water partition coefficient (Wildman–Crippen LogP) is 5.77. The highest BCUT2D eigenvalue weighted by atomic mass is 15.0. The smallest absolute Gasteiger partial charge is 0.0790 e. The van der Waals surface area contributed by atoms with Gasteiger partial charge in [0.05, 0.1) is 5.54 Å². The van der Waals surface area contributed by atoms with E-state index in [9.17, 15) is 0 Å². The van der Waals surface area contributed by atoms with Crippen LogP contribution < -0.4 is 5.32 Å². The van der Waals surface area contributed by atoms with Gasteiger partial charge in [-0.15, -0.1) is 0 Å². The van der Waals surface area contributed by atoms with E-state index in [2.05, 4.69) is 104 Å². The minimum absolute atomic E-state index is 0.227. The second kappa shape index (κ2) is 5.68. The predicted molar refractivity (Wildman–Crippen MR) is 102 cm³/mol. The summed E-state index contributed by atoms with van der Waals surface area (Å²) >= 11 is 0. The zero-order valence-corrected chi connectivity index (χ0v) is 14.1. The highest BCUT2D eigenvalue weighted by Crippen LogP contribution is 2.41. The van der Waals surface area contributed by atoms with Crippen molar-refractivity contribution < 1.29 is 0 Å². The van der Waals surface area contributed by atoms with Crippen LogP contribution in [0.15, 0.2) is 84.9 Å². The Kier molecular flexibility index (Phi) is 3.50. The molecule has 1 unspecified atom stereocenters. The number of benzene rings is 3. The molecule has 1 N–H and O–H groups in total. The quantitative estimate of drug-likeness (QED) is 0.633. The Morgan fingerprint density at radius 1 is 0.792 bits per heavy atom. The van der Waals surface area contributed by atoms with E-state index in [-0.39, 0.29) is 5.54 Å². The molecule has 0 spiro atoms. The molecule has 1 aliphatic rings. The molecule has 3 aromatic rings. The molecule has 1 heterocycles. The van der Waals surface area contributed by atoms with Gasteiger partial charge < -0.3 is 5.32 Å². The third-order valence-electron chi connectivity index (χ3n) is 4.75. The fourth-order valence-corrected chi connectivity index (χ4v) is 3.47. The summed E-state index contributed by atoms with van der Waals surface area (Å²) in [6.45, 7) is 4.39. The molecule has 0 radical (unpaired) electrons. The first-order chi connectivity index (χ1) is 11.7. The highest BCUT2D eigenvalue weighted by molar-refractivity contribution is 5.90. The van der Waals surface area contributed by atoms with Gasteiger partial charge in [-0.25, -0.2) is 0 Å². The van der Waals surface area contributed by atoms with E-state index >= 15 is 0 Å². The second-order valence-electron chi connectivity index (χ2n) is 6.67. The normalized spacial score (nSPS) is 19.2. The van der Waals surface area contributed by atoms with Crippen molar-refractivity contribution >= 4 is 11.3 Å². The summed E-state index contributed by atoms with van der Waals surface area (Å²) < 4.78 is 0. The molecule has 0 bridgehead atoms. The summed E-state index contributed by atoms with van der Waals surface area (Å²) in [6.07, 6.45) is 2.36. The number of rotatable bonds is 2. The topological polar surface area (TPSA) is 12.0 Å². The number of nitrogens with one attached hydrogen (secondary N) is 1. The van der Waals surface area contributed by atoms with Crippen LogP contribution in [-0.2, 0) is 5.54 Å². The van der Waals surface area contributed by atoms with Gasteiger partial charge >= 0.3 is 0 Å². The molecule has 24 heavy (non-hydrogen) atoms. The van der Waals surface area contributed by atoms with E-state index < -0.39 is 0 Å². The van der Waals surface area contributed by atoms with Crippen molar-refractivity contribution in [1.29, 1.82) is 0 Å². The molecule has 1 heteroatoms. The molecule has 0 aromatic heterocycles. The Balaban J connectivity index is 1.94. The lowest BCUT2D eigenvalue weighted by molar-refractivity contribution is 0.685. The van der Waals surface area contributed by atoms with Crippen molar-refractivity contribution in [3.8, 4) is 0 Å². The molecule has 0 amide bonds. The average molecular weight is 311 g/mol. The van der Waals surface area contributed by atoms with Gasteiger partial charge in [0.15, 0.2) is 0 Å². The first kappa shape index (κ1) is 14.8. The Hall–Kier alpha value is -2.80. The van der Waals surface area contributed by atoms with Gasteiger partial charge in [-0.2, -0.15) is 0 Å². The first-order valence-corrected chi connectivity index (χ1v) is 8.39. The van der Waals surface area contributed by atoms with Gasteiger partial charge in [0.1, 0.15) is 0 Å². The van der Waals surface area contributed by atoms with E-state index in [1.165, 1.54) is 33.5 Å². The Bertz CT molecular complexity index is 894. The lowest BCUT2D eigenvalue weighted by atomic mass is 9.81. The van der Waals surface area contributed by atoms with Crippen LogP contribution in [0, 0.1) is 6.92 Å². The lowest BCUT2D eigenvalue weighted by Crippen LogP contribution is -2.33. The van der Waals surface area contributed by atoms with Crippen LogP contribution in [0.2, 0.25) is 0 Å². The molecule has 0 fully saturated rings. The van der Waals surface area contributed by atoms with E-state index in [1.54, 1.807) is 0 Å². The van der Waals surface area contributed by atoms with Crippen LogP contribution in [0.3, 0.4) is 0 Å². The lowest BCUT2D eigenvalue weighted by Gasteiger charge is -2.36. The maximum absolute atomic E-state index is 3.74. The van der Waals surface area contributed by atoms with Crippen molar-refractivity contribution in [1.82, 2.24) is 0 Å². The first-order valence-electron chi connectivity index (χ1n) is 8.39. The van der Waals surface area contributed by atoms with E-state index in [4.69, 9.17) is 0 Å². The van der Waals surface area contributed by atoms with E-state index in [1.807, 2.05) is 0 Å². The Morgan fingerprint density at radius 3 is 2.17 bits per heavy atom. The molecule has 118 valence electrons. The number of hydrogen-bond donors (Lipinski definition) is 1. The summed E-state index contributed by atoms with van der Waals surface area (Å²) in [6, 6.07) is 27.9. The number of fused-ring (bicyclic) bond motifs is 1. The van der Waals surface area contributed by atoms with Crippen LogP contribution in [0.25, 0.3) is 5.57 Å². The van der Waals surface area contributed by atoms with Crippen molar-refractivity contribution in [2.24, 2.45) is 0 Å². The molecule has 0 saturated heterocycles. The van der Waals surface area contributed by atoms with E-state index in [0.717, 1.165) is 0 Å². The average Bonchev–Trinajstić information content (AvgIpc) is 2.63. The van der Waals surface area contributed by atoms with Crippen molar-refractivity contribution in [3.63, 3.8) is 0 Å². The van der Waals surface area contributed by atoms with Crippen LogP contribution >= 0.6 is 0 Å². The Morgan fingerprint density at radius 2 is 1.46 bits per heavy atom. The van der Waals surface area contributed by atoms with Gasteiger partial charge in [0.2, 0.25) is 0 Å². The minimum atomic E-state index is -0.227. The van der Waals surface area contributed by atoms with Gasteiger partial charge in [-0.05, 0) is 48.8 Å². The summed E-state index contributed by atoms with van der Waals surface area (Å²) in [7, 11) is 0. The zero-order valence-electron chi connectivity index (χ0n) is 14.1. The molecule has 0 aliphatic carbocycles. The fraction of sp³-hybridized carbons (Fsp3) is 0.130. The van der Waals surface area contributed by atoms with Crippen molar-refractivity contribution in [3.05, 3.63) is 107 Å². The molecule has 1 aliphatic heterocycles. The highest BCUT2D eigenvalue weighted by Gasteiger charge is 2.30. The molecule has 0 saturated carbocycles. The summed E-state index contributed by atoms with van der Waals surface area (Å²) in [5.41, 5.74) is 7.33. The SMILES string of the molecule is Cc1ccc2c(c1)C(c1ccccc1)=CC(C)(c1ccccc1)N2. The van der Waals surface area contributed by atoms with Gasteiger partial charge in [-0.1, -0.05) is 72.3 Å². The minimum Gasteiger partial charge on any atom is -0.372 e. The van der Waals surface area contributed by atoms with Crippen LogP contribution in [0.5, 0.6) is 0 Å². The second-order valence-corrected chi connectivity index (χ2v) is 6.67. The van der Waals surface area contributed by atoms with Crippen LogP contribution in [0.4, 0.5) is 5.69 Å². The number of anilines is 1. The fourth-order valence-electron chi connectivity index (χ4n) is 3.47. The summed E-state index contributed by atoms with van der Waals surface area (Å²) in [5, 5.41) is 3.74. The van der Waals surface area contributed by atoms with Crippen LogP contribution in [-0.4, -0.2) is 0 Å². The Labute approximate surface area is 143 Å². The monoisotopic (exact) mass is 311 g/mol. The molecule has 4 rings (SSSR count). The maximum atomic E-state index is 3.74. The van der Waals surface area contributed by atoms with Crippen molar-refractivity contribution in [2.45, 2.75) is 19.4 Å². The standard InChI is InChI=1S/C23H21N/c1-17-13-14-22-20(15-17)21(18-9-5-3-6-10-18)16-23(2,24-22)19-11-7-4-8-12-19/h3-16,24H,1-2H3. The van der Waals surface area contributed by atoms with Gasteiger partial charge in [0, 0.05) is 11.3 Å². The third-order valence-corrected chi connectivity index (χ3v) is 4.75. The van der Waals surface area contributed by atoms with E-state index in [0.29, 0.717) is 0 Å². The molecular formula is C23H21N. The molecule has 3 aromatic carbocycles. The van der Waals surface area contributed by atoms with Crippen molar-refractivity contribution in [2.75, 3.05) is 5.32 Å². The maximum Gasteiger partial charge on any atom is 0.0790 e. The van der Waals surface area contributed by atoms with Gasteiger partial charge in [0.25, 0.3) is 0 Å².